The van der Waals surface area contributed by atoms with Crippen molar-refractivity contribution in [2.75, 3.05) is 19.6 Å². The average molecular weight is 333 g/mol. The highest BCUT2D eigenvalue weighted by molar-refractivity contribution is 9.10. The van der Waals surface area contributed by atoms with Crippen LogP contribution in [0.25, 0.3) is 0 Å². The average Bonchev–Trinajstić information content (AvgIpc) is 2.77. The summed E-state index contributed by atoms with van der Waals surface area (Å²) >= 11 is 5.18. The van der Waals surface area contributed by atoms with Crippen molar-refractivity contribution < 1.29 is 4.79 Å². The van der Waals surface area contributed by atoms with Gasteiger partial charge in [-0.1, -0.05) is 0 Å². The zero-order valence-corrected chi connectivity index (χ0v) is 13.6. The number of carbonyl (C=O) groups is 1. The molecular formula is C13H21BrN2OS. The van der Waals surface area contributed by atoms with Crippen molar-refractivity contribution in [3.8, 4) is 0 Å². The molecule has 0 fully saturated rings. The molecule has 1 heterocycles. The molecule has 0 aliphatic carbocycles. The third kappa shape index (κ3) is 4.71. The molecule has 18 heavy (non-hydrogen) atoms. The largest absolute Gasteiger partial charge is 0.343 e. The molecule has 1 amide bonds. The monoisotopic (exact) mass is 332 g/mol. The molecule has 3 nitrogen and oxygen atoms in total. The number of hydrogen-bond donors (Lipinski definition) is 1. The van der Waals surface area contributed by atoms with Crippen LogP contribution in [-0.4, -0.2) is 30.4 Å². The van der Waals surface area contributed by atoms with Crippen molar-refractivity contribution in [1.82, 2.24) is 10.2 Å². The quantitative estimate of drug-likeness (QED) is 0.829. The van der Waals surface area contributed by atoms with E-state index in [1.807, 2.05) is 18.7 Å². The highest BCUT2D eigenvalue weighted by atomic mass is 79.9. The molecule has 1 aromatic heterocycles. The number of amides is 1. The van der Waals surface area contributed by atoms with Gasteiger partial charge in [0.05, 0.1) is 0 Å². The van der Waals surface area contributed by atoms with Crippen molar-refractivity contribution in [1.29, 1.82) is 0 Å². The first-order chi connectivity index (χ1) is 8.58. The maximum atomic E-state index is 11.8. The van der Waals surface area contributed by atoms with Gasteiger partial charge in [-0.3, -0.25) is 4.79 Å². The number of carbonyl (C=O) groups excluding carboxylic acids is 1. The van der Waals surface area contributed by atoms with E-state index in [1.165, 1.54) is 4.88 Å². The lowest BCUT2D eigenvalue weighted by molar-refractivity contribution is -0.130. The summed E-state index contributed by atoms with van der Waals surface area (Å²) in [6.07, 6.45) is 0.568. The molecule has 1 rings (SSSR count). The fourth-order valence-corrected chi connectivity index (χ4v) is 3.26. The van der Waals surface area contributed by atoms with Crippen LogP contribution in [0.2, 0.25) is 0 Å². The zero-order valence-electron chi connectivity index (χ0n) is 11.2. The van der Waals surface area contributed by atoms with Crippen LogP contribution in [0.5, 0.6) is 0 Å². The van der Waals surface area contributed by atoms with Crippen LogP contribution < -0.4 is 5.32 Å². The van der Waals surface area contributed by atoms with E-state index in [1.54, 1.807) is 11.3 Å². The maximum absolute atomic E-state index is 11.8. The first-order valence-corrected chi connectivity index (χ1v) is 8.00. The molecule has 0 bridgehead atoms. The Morgan fingerprint density at radius 1 is 1.50 bits per heavy atom. The number of hydrogen-bond acceptors (Lipinski definition) is 3. The molecule has 0 aromatic carbocycles. The van der Waals surface area contributed by atoms with Crippen LogP contribution in [-0.2, 0) is 4.79 Å². The minimum Gasteiger partial charge on any atom is -0.343 e. The predicted molar refractivity (Wildman–Crippen MR) is 81.0 cm³/mol. The highest BCUT2D eigenvalue weighted by Gasteiger charge is 2.11. The summed E-state index contributed by atoms with van der Waals surface area (Å²) < 4.78 is 1.12. The van der Waals surface area contributed by atoms with Crippen molar-refractivity contribution in [3.63, 3.8) is 0 Å². The van der Waals surface area contributed by atoms with Gasteiger partial charge in [-0.2, -0.15) is 0 Å². The lowest BCUT2D eigenvalue weighted by Gasteiger charge is -2.19. The van der Waals surface area contributed by atoms with E-state index in [2.05, 4.69) is 39.6 Å². The van der Waals surface area contributed by atoms with Gasteiger partial charge >= 0.3 is 0 Å². The van der Waals surface area contributed by atoms with E-state index in [4.69, 9.17) is 0 Å². The number of nitrogens with one attached hydrogen (secondary N) is 1. The third-order valence-corrected chi connectivity index (χ3v) is 4.80. The van der Waals surface area contributed by atoms with Gasteiger partial charge < -0.3 is 10.2 Å². The SMILES string of the molecule is CCN(CC)C(=O)CCNC(C)c1cc(Br)cs1. The van der Waals surface area contributed by atoms with Gasteiger partial charge in [-0.15, -0.1) is 11.3 Å². The van der Waals surface area contributed by atoms with Gasteiger partial charge in [0, 0.05) is 46.8 Å². The van der Waals surface area contributed by atoms with Crippen LogP contribution in [0.1, 0.15) is 38.1 Å². The lowest BCUT2D eigenvalue weighted by atomic mass is 10.2. The van der Waals surface area contributed by atoms with Crippen molar-refractivity contribution in [2.45, 2.75) is 33.2 Å². The molecule has 1 unspecified atom stereocenters. The van der Waals surface area contributed by atoms with Crippen molar-refractivity contribution in [3.05, 3.63) is 20.8 Å². The van der Waals surface area contributed by atoms with E-state index in [-0.39, 0.29) is 5.91 Å². The highest BCUT2D eigenvalue weighted by Crippen LogP contribution is 2.25. The van der Waals surface area contributed by atoms with E-state index in [9.17, 15) is 4.79 Å². The second kappa shape index (κ2) is 7.92. The number of nitrogens with zero attached hydrogens (tertiary/aromatic N) is 1. The Kier molecular flexibility index (Phi) is 6.89. The fourth-order valence-electron chi connectivity index (χ4n) is 1.79. The summed E-state index contributed by atoms with van der Waals surface area (Å²) in [4.78, 5) is 15.0. The Labute approximate surface area is 122 Å². The Balaban J connectivity index is 2.31. The summed E-state index contributed by atoms with van der Waals surface area (Å²) in [7, 11) is 0. The van der Waals surface area contributed by atoms with Crippen molar-refractivity contribution in [2.24, 2.45) is 0 Å². The molecule has 0 saturated heterocycles. The molecule has 0 aliphatic rings. The minimum absolute atomic E-state index is 0.229. The van der Waals surface area contributed by atoms with E-state index >= 15 is 0 Å². The van der Waals surface area contributed by atoms with Crippen LogP contribution in [0.4, 0.5) is 0 Å². The van der Waals surface area contributed by atoms with E-state index < -0.39 is 0 Å². The first kappa shape index (κ1) is 15.7. The molecule has 102 valence electrons. The number of rotatable bonds is 7. The summed E-state index contributed by atoms with van der Waals surface area (Å²) in [5.74, 6) is 0.229. The second-order valence-electron chi connectivity index (χ2n) is 4.16. The summed E-state index contributed by atoms with van der Waals surface area (Å²) in [6.45, 7) is 8.47. The molecular weight excluding hydrogens is 312 g/mol. The third-order valence-electron chi connectivity index (χ3n) is 2.92. The van der Waals surface area contributed by atoms with Crippen molar-refractivity contribution >= 4 is 33.2 Å². The molecule has 0 radical (unpaired) electrons. The molecule has 0 spiro atoms. The molecule has 0 saturated carbocycles. The molecule has 1 N–H and O–H groups in total. The van der Waals surface area contributed by atoms with Crippen LogP contribution >= 0.6 is 27.3 Å². The molecule has 5 heteroatoms. The maximum Gasteiger partial charge on any atom is 0.223 e. The van der Waals surface area contributed by atoms with Crippen LogP contribution in [0, 0.1) is 0 Å². The normalized spacial score (nSPS) is 12.4. The van der Waals surface area contributed by atoms with Gasteiger partial charge in [0.15, 0.2) is 0 Å². The standard InChI is InChI=1S/C13H21BrN2OS/c1-4-16(5-2)13(17)6-7-15-10(3)12-8-11(14)9-18-12/h8-10,15H,4-7H2,1-3H3. The molecule has 0 aliphatic heterocycles. The zero-order chi connectivity index (χ0) is 13.5. The minimum atomic E-state index is 0.229. The predicted octanol–water partition coefficient (Wildman–Crippen LogP) is 3.42. The van der Waals surface area contributed by atoms with Gasteiger partial charge in [0.25, 0.3) is 0 Å². The number of thiophene rings is 1. The summed E-state index contributed by atoms with van der Waals surface area (Å²) in [5, 5.41) is 5.47. The lowest BCUT2D eigenvalue weighted by Crippen LogP contribution is -2.33. The van der Waals surface area contributed by atoms with Crippen LogP contribution in [0.3, 0.4) is 0 Å². The van der Waals surface area contributed by atoms with Crippen LogP contribution in [0.15, 0.2) is 15.9 Å². The summed E-state index contributed by atoms with van der Waals surface area (Å²) in [5.41, 5.74) is 0. The fraction of sp³-hybridized carbons (Fsp3) is 0.615. The Morgan fingerprint density at radius 2 is 2.17 bits per heavy atom. The number of halogens is 1. The molecule has 1 atom stereocenters. The first-order valence-electron chi connectivity index (χ1n) is 6.33. The van der Waals surface area contributed by atoms with Gasteiger partial charge in [0.1, 0.15) is 0 Å². The second-order valence-corrected chi connectivity index (χ2v) is 6.02. The smallest absolute Gasteiger partial charge is 0.223 e. The van der Waals surface area contributed by atoms with E-state index in [0.29, 0.717) is 12.5 Å². The van der Waals surface area contributed by atoms with E-state index in [0.717, 1.165) is 24.1 Å². The van der Waals surface area contributed by atoms with Gasteiger partial charge in [0.2, 0.25) is 5.91 Å². The van der Waals surface area contributed by atoms with Gasteiger partial charge in [-0.05, 0) is 42.8 Å². The summed E-state index contributed by atoms with van der Waals surface area (Å²) in [6, 6.07) is 2.42. The van der Waals surface area contributed by atoms with Gasteiger partial charge in [-0.25, -0.2) is 0 Å². The molecule has 1 aromatic rings. The Bertz CT molecular complexity index is 377. The Hall–Kier alpha value is -0.390. The Morgan fingerprint density at radius 3 is 2.67 bits per heavy atom. The topological polar surface area (TPSA) is 32.3 Å².